The highest BCUT2D eigenvalue weighted by Crippen LogP contribution is 2.35. The Kier molecular flexibility index (Phi) is 3.71. The van der Waals surface area contributed by atoms with Gasteiger partial charge in [-0.3, -0.25) is 0 Å². The second kappa shape index (κ2) is 5.13. The van der Waals surface area contributed by atoms with Crippen molar-refractivity contribution in [1.82, 2.24) is 0 Å². The molecule has 1 nitrogen and oxygen atoms in total. The zero-order valence-electron chi connectivity index (χ0n) is 9.41. The third kappa shape index (κ3) is 3.41. The van der Waals surface area contributed by atoms with Crippen LogP contribution in [0.4, 0.5) is 17.6 Å². The van der Waals surface area contributed by atoms with Crippen molar-refractivity contribution < 1.29 is 22.7 Å². The van der Waals surface area contributed by atoms with E-state index in [1.807, 2.05) is 0 Å². The van der Waals surface area contributed by atoms with Crippen LogP contribution in [0, 0.1) is 5.82 Å². The fourth-order valence-electron chi connectivity index (χ4n) is 1.43. The first kappa shape index (κ1) is 13.7. The predicted molar refractivity (Wildman–Crippen MR) is 63.6 cm³/mol. The van der Waals surface area contributed by atoms with Crippen LogP contribution in [-0.2, 0) is 6.18 Å². The Labute approximate surface area is 110 Å². The lowest BCUT2D eigenvalue weighted by Gasteiger charge is -2.09. The SMILES string of the molecule is Oc1cccc(Sc2ccc(C(F)(F)F)cc2F)c1. The number of phenols is 1. The molecule has 2 rings (SSSR count). The highest BCUT2D eigenvalue weighted by atomic mass is 32.2. The predicted octanol–water partition coefficient (Wildman–Crippen LogP) is 4.70. The molecule has 2 aromatic rings. The maximum Gasteiger partial charge on any atom is 0.416 e. The Morgan fingerprint density at radius 3 is 2.32 bits per heavy atom. The van der Waals surface area contributed by atoms with Crippen LogP contribution in [0.25, 0.3) is 0 Å². The lowest BCUT2D eigenvalue weighted by Crippen LogP contribution is -2.05. The zero-order chi connectivity index (χ0) is 14.0. The summed E-state index contributed by atoms with van der Waals surface area (Å²) >= 11 is 0.945. The Hall–Kier alpha value is -1.69. The minimum atomic E-state index is -4.56. The molecule has 0 aliphatic carbocycles. The fourth-order valence-corrected chi connectivity index (χ4v) is 2.31. The van der Waals surface area contributed by atoms with E-state index in [-0.39, 0.29) is 10.6 Å². The Bertz CT molecular complexity index is 595. The highest BCUT2D eigenvalue weighted by molar-refractivity contribution is 7.99. The van der Waals surface area contributed by atoms with E-state index >= 15 is 0 Å². The average molecular weight is 288 g/mol. The molecule has 0 saturated carbocycles. The van der Waals surface area contributed by atoms with Gasteiger partial charge in [-0.25, -0.2) is 4.39 Å². The standard InChI is InChI=1S/C13H8F4OS/c14-11-6-8(13(15,16)17)4-5-12(11)19-10-3-1-2-9(18)7-10/h1-7,18H. The lowest BCUT2D eigenvalue weighted by atomic mass is 10.2. The Morgan fingerprint density at radius 2 is 1.74 bits per heavy atom. The van der Waals surface area contributed by atoms with Gasteiger partial charge in [-0.05, 0) is 36.4 Å². The van der Waals surface area contributed by atoms with E-state index in [0.29, 0.717) is 11.0 Å². The highest BCUT2D eigenvalue weighted by Gasteiger charge is 2.31. The quantitative estimate of drug-likeness (QED) is 0.808. The van der Waals surface area contributed by atoms with E-state index in [0.717, 1.165) is 23.9 Å². The molecule has 0 spiro atoms. The van der Waals surface area contributed by atoms with E-state index < -0.39 is 17.6 Å². The third-order valence-electron chi connectivity index (χ3n) is 2.30. The summed E-state index contributed by atoms with van der Waals surface area (Å²) in [7, 11) is 0. The molecule has 1 N–H and O–H groups in total. The van der Waals surface area contributed by atoms with E-state index in [2.05, 4.69) is 0 Å². The number of aromatic hydroxyl groups is 1. The van der Waals surface area contributed by atoms with Gasteiger partial charge in [0, 0.05) is 9.79 Å². The third-order valence-corrected chi connectivity index (χ3v) is 3.35. The second-order valence-corrected chi connectivity index (χ2v) is 4.86. The van der Waals surface area contributed by atoms with E-state index in [9.17, 15) is 22.7 Å². The van der Waals surface area contributed by atoms with Crippen molar-refractivity contribution in [2.45, 2.75) is 16.0 Å². The summed E-state index contributed by atoms with van der Waals surface area (Å²) in [6.07, 6.45) is -4.56. The number of hydrogen-bond acceptors (Lipinski definition) is 2. The van der Waals surface area contributed by atoms with Gasteiger partial charge in [-0.1, -0.05) is 17.8 Å². The topological polar surface area (TPSA) is 20.2 Å². The van der Waals surface area contributed by atoms with E-state index in [4.69, 9.17) is 0 Å². The molecule has 0 heterocycles. The van der Waals surface area contributed by atoms with Gasteiger partial charge >= 0.3 is 6.18 Å². The maximum atomic E-state index is 13.6. The normalized spacial score (nSPS) is 11.6. The van der Waals surface area contributed by atoms with Crippen LogP contribution < -0.4 is 0 Å². The molecule has 0 amide bonds. The molecule has 0 saturated heterocycles. The summed E-state index contributed by atoms with van der Waals surface area (Å²) in [5.74, 6) is -0.930. The van der Waals surface area contributed by atoms with Crippen LogP contribution in [0.5, 0.6) is 5.75 Å². The molecule has 0 fully saturated rings. The molecular formula is C13H8F4OS. The molecule has 2 aromatic carbocycles. The molecule has 19 heavy (non-hydrogen) atoms. The first-order valence-electron chi connectivity index (χ1n) is 5.20. The van der Waals surface area contributed by atoms with Gasteiger partial charge in [-0.2, -0.15) is 13.2 Å². The van der Waals surface area contributed by atoms with Crippen molar-refractivity contribution in [3.63, 3.8) is 0 Å². The number of phenolic OH excluding ortho intramolecular Hbond substituents is 1. The van der Waals surface area contributed by atoms with Gasteiger partial charge in [-0.15, -0.1) is 0 Å². The lowest BCUT2D eigenvalue weighted by molar-refractivity contribution is -0.137. The molecule has 0 atom stereocenters. The maximum absolute atomic E-state index is 13.6. The van der Waals surface area contributed by atoms with Crippen molar-refractivity contribution in [1.29, 1.82) is 0 Å². The van der Waals surface area contributed by atoms with Gasteiger partial charge < -0.3 is 5.11 Å². The molecule has 0 bridgehead atoms. The van der Waals surface area contributed by atoms with Crippen LogP contribution in [-0.4, -0.2) is 5.11 Å². The van der Waals surface area contributed by atoms with Crippen LogP contribution in [0.15, 0.2) is 52.3 Å². The van der Waals surface area contributed by atoms with Crippen LogP contribution >= 0.6 is 11.8 Å². The van der Waals surface area contributed by atoms with Crippen molar-refractivity contribution in [3.05, 3.63) is 53.8 Å². The summed E-state index contributed by atoms with van der Waals surface area (Å²) in [6.45, 7) is 0. The fraction of sp³-hybridized carbons (Fsp3) is 0.0769. The molecule has 0 unspecified atom stereocenters. The number of rotatable bonds is 2. The molecular weight excluding hydrogens is 280 g/mol. The van der Waals surface area contributed by atoms with Crippen molar-refractivity contribution in [2.24, 2.45) is 0 Å². The van der Waals surface area contributed by atoms with E-state index in [1.54, 1.807) is 12.1 Å². The summed E-state index contributed by atoms with van der Waals surface area (Å²) in [5.41, 5.74) is -1.02. The average Bonchev–Trinajstić information content (AvgIpc) is 2.30. The minimum absolute atomic E-state index is 0.0114. The first-order chi connectivity index (χ1) is 8.86. The van der Waals surface area contributed by atoms with Gasteiger partial charge in [0.2, 0.25) is 0 Å². The minimum Gasteiger partial charge on any atom is -0.508 e. The molecule has 0 aliphatic heterocycles. The van der Waals surface area contributed by atoms with Gasteiger partial charge in [0.1, 0.15) is 11.6 Å². The number of benzene rings is 2. The largest absolute Gasteiger partial charge is 0.508 e. The Balaban J connectivity index is 2.27. The summed E-state index contributed by atoms with van der Waals surface area (Å²) in [6, 6.07) is 8.42. The molecule has 100 valence electrons. The van der Waals surface area contributed by atoms with Gasteiger partial charge in [0.25, 0.3) is 0 Å². The smallest absolute Gasteiger partial charge is 0.416 e. The molecule has 0 aromatic heterocycles. The summed E-state index contributed by atoms with van der Waals surface area (Å²) in [4.78, 5) is 0.609. The van der Waals surface area contributed by atoms with Crippen molar-refractivity contribution >= 4 is 11.8 Å². The number of alkyl halides is 3. The van der Waals surface area contributed by atoms with Gasteiger partial charge in [0.05, 0.1) is 5.56 Å². The molecule has 0 radical (unpaired) electrons. The van der Waals surface area contributed by atoms with Crippen LogP contribution in [0.2, 0.25) is 0 Å². The van der Waals surface area contributed by atoms with Crippen molar-refractivity contribution in [2.75, 3.05) is 0 Å². The van der Waals surface area contributed by atoms with Gasteiger partial charge in [0.15, 0.2) is 0 Å². The molecule has 6 heteroatoms. The number of halogens is 4. The monoisotopic (exact) mass is 288 g/mol. The van der Waals surface area contributed by atoms with Crippen LogP contribution in [0.3, 0.4) is 0 Å². The number of hydrogen-bond donors (Lipinski definition) is 1. The van der Waals surface area contributed by atoms with Crippen molar-refractivity contribution in [3.8, 4) is 5.75 Å². The van der Waals surface area contributed by atoms with E-state index in [1.165, 1.54) is 12.1 Å². The first-order valence-corrected chi connectivity index (χ1v) is 6.01. The zero-order valence-corrected chi connectivity index (χ0v) is 10.2. The summed E-state index contributed by atoms with van der Waals surface area (Å²) < 4.78 is 50.7. The summed E-state index contributed by atoms with van der Waals surface area (Å²) in [5, 5.41) is 9.26. The van der Waals surface area contributed by atoms with Crippen LogP contribution in [0.1, 0.15) is 5.56 Å². The second-order valence-electron chi connectivity index (χ2n) is 3.74. The Morgan fingerprint density at radius 1 is 1.00 bits per heavy atom. The molecule has 0 aliphatic rings.